The number of unbranched alkanes of at least 4 members (excludes halogenated alkanes) is 2. The number of hydrogen-bond donors (Lipinski definition) is 0. The Bertz CT molecular complexity index is 581. The number of benzene rings is 1. The summed E-state index contributed by atoms with van der Waals surface area (Å²) in [6, 6.07) is 9.93. The van der Waals surface area contributed by atoms with E-state index < -0.39 is 0 Å². The van der Waals surface area contributed by atoms with E-state index in [4.69, 9.17) is 0 Å². The van der Waals surface area contributed by atoms with E-state index in [0.29, 0.717) is 5.92 Å². The van der Waals surface area contributed by atoms with Crippen LogP contribution in [-0.4, -0.2) is 0 Å². The van der Waals surface area contributed by atoms with Crippen molar-refractivity contribution in [2.24, 2.45) is 17.8 Å². The summed E-state index contributed by atoms with van der Waals surface area (Å²) < 4.78 is 0. The van der Waals surface area contributed by atoms with E-state index in [2.05, 4.69) is 50.8 Å². The van der Waals surface area contributed by atoms with Crippen LogP contribution in [0.1, 0.15) is 133 Å². The summed E-state index contributed by atoms with van der Waals surface area (Å²) in [7, 11) is 0. The molecule has 0 aromatic heterocycles. The first-order valence-electron chi connectivity index (χ1n) is 13.5. The molecule has 2 aliphatic rings. The molecule has 0 N–H and O–H groups in total. The molecule has 0 heterocycles. The highest BCUT2D eigenvalue weighted by Crippen LogP contribution is 2.42. The van der Waals surface area contributed by atoms with Crippen LogP contribution in [0.2, 0.25) is 0 Å². The van der Waals surface area contributed by atoms with Gasteiger partial charge in [-0.15, -0.1) is 6.58 Å². The lowest BCUT2D eigenvalue weighted by Crippen LogP contribution is -2.20. The van der Waals surface area contributed by atoms with E-state index >= 15 is 0 Å². The van der Waals surface area contributed by atoms with Crippen LogP contribution in [0.25, 0.3) is 0 Å². The smallest absolute Gasteiger partial charge is 0.00991 e. The van der Waals surface area contributed by atoms with Crippen molar-refractivity contribution in [3.05, 3.63) is 48.0 Å². The first-order valence-corrected chi connectivity index (χ1v) is 13.5. The summed E-state index contributed by atoms with van der Waals surface area (Å²) in [5.41, 5.74) is 3.18. The monoisotopic (exact) mass is 408 g/mol. The lowest BCUT2D eigenvalue weighted by Gasteiger charge is -2.34. The molecule has 2 saturated carbocycles. The molecule has 0 aliphatic heterocycles. The summed E-state index contributed by atoms with van der Waals surface area (Å²) in [6.07, 6.45) is 23.3. The summed E-state index contributed by atoms with van der Waals surface area (Å²) in [4.78, 5) is 0. The Morgan fingerprint density at radius 1 is 0.800 bits per heavy atom. The molecule has 0 amide bonds. The molecule has 0 spiro atoms. The third-order valence-electron chi connectivity index (χ3n) is 8.48. The topological polar surface area (TPSA) is 0 Å². The van der Waals surface area contributed by atoms with E-state index in [1.165, 1.54) is 89.9 Å². The fourth-order valence-electron chi connectivity index (χ4n) is 6.55. The fourth-order valence-corrected chi connectivity index (χ4v) is 6.55. The molecule has 0 heteroatoms. The Morgan fingerprint density at radius 3 is 2.03 bits per heavy atom. The molecular formula is C30H48. The highest BCUT2D eigenvalue weighted by molar-refractivity contribution is 5.29. The molecule has 1 unspecified atom stereocenters. The van der Waals surface area contributed by atoms with Crippen molar-refractivity contribution in [2.45, 2.75) is 122 Å². The van der Waals surface area contributed by atoms with Gasteiger partial charge in [-0.25, -0.2) is 0 Å². The molecular weight excluding hydrogens is 360 g/mol. The van der Waals surface area contributed by atoms with Crippen LogP contribution in [0, 0.1) is 17.8 Å². The van der Waals surface area contributed by atoms with E-state index in [-0.39, 0.29) is 0 Å². The molecule has 3 rings (SSSR count). The zero-order valence-electron chi connectivity index (χ0n) is 20.1. The number of hydrogen-bond acceptors (Lipinski definition) is 0. The van der Waals surface area contributed by atoms with E-state index in [9.17, 15) is 0 Å². The van der Waals surface area contributed by atoms with E-state index in [0.717, 1.165) is 30.1 Å². The summed E-state index contributed by atoms with van der Waals surface area (Å²) >= 11 is 0. The van der Waals surface area contributed by atoms with Gasteiger partial charge in [0.1, 0.15) is 0 Å². The largest absolute Gasteiger partial charge is 0.103 e. The lowest BCUT2D eigenvalue weighted by molar-refractivity contribution is 0.232. The second-order valence-electron chi connectivity index (χ2n) is 10.6. The van der Waals surface area contributed by atoms with Gasteiger partial charge >= 0.3 is 0 Å². The molecule has 1 aromatic carbocycles. The first kappa shape index (κ1) is 23.6. The third kappa shape index (κ3) is 6.73. The fraction of sp³-hybridized carbons (Fsp3) is 0.733. The Balaban J connectivity index is 1.54. The minimum atomic E-state index is 0.688. The summed E-state index contributed by atoms with van der Waals surface area (Å²) in [6.45, 7) is 8.75. The Labute approximate surface area is 187 Å². The Kier molecular flexibility index (Phi) is 10.0. The third-order valence-corrected chi connectivity index (χ3v) is 8.48. The van der Waals surface area contributed by atoms with Crippen LogP contribution in [0.4, 0.5) is 0 Å². The molecule has 2 aliphatic carbocycles. The van der Waals surface area contributed by atoms with Crippen molar-refractivity contribution in [1.29, 1.82) is 0 Å². The van der Waals surface area contributed by atoms with Crippen LogP contribution in [0.3, 0.4) is 0 Å². The van der Waals surface area contributed by atoms with Gasteiger partial charge in [-0.2, -0.15) is 0 Å². The summed E-state index contributed by atoms with van der Waals surface area (Å²) in [5, 5.41) is 0. The zero-order chi connectivity index (χ0) is 21.2. The minimum absolute atomic E-state index is 0.688. The second-order valence-corrected chi connectivity index (χ2v) is 10.6. The maximum Gasteiger partial charge on any atom is -0.00991 e. The van der Waals surface area contributed by atoms with Crippen LogP contribution in [0.15, 0.2) is 36.9 Å². The van der Waals surface area contributed by atoms with Crippen LogP contribution >= 0.6 is 0 Å². The van der Waals surface area contributed by atoms with E-state index in [1.54, 1.807) is 11.1 Å². The minimum Gasteiger partial charge on any atom is -0.103 e. The van der Waals surface area contributed by atoms with Gasteiger partial charge in [0.25, 0.3) is 0 Å². The highest BCUT2D eigenvalue weighted by atomic mass is 14.3. The average Bonchev–Trinajstić information content (AvgIpc) is 2.79. The zero-order valence-corrected chi connectivity index (χ0v) is 20.1. The van der Waals surface area contributed by atoms with Crippen LogP contribution in [-0.2, 0) is 0 Å². The van der Waals surface area contributed by atoms with Gasteiger partial charge in [0.15, 0.2) is 0 Å². The molecule has 0 radical (unpaired) electrons. The predicted octanol–water partition coefficient (Wildman–Crippen LogP) is 9.81. The number of rotatable bonds is 11. The molecule has 0 nitrogen and oxygen atoms in total. The van der Waals surface area contributed by atoms with Gasteiger partial charge in [0.2, 0.25) is 0 Å². The quantitative estimate of drug-likeness (QED) is 0.252. The molecule has 1 atom stereocenters. The predicted molar refractivity (Wildman–Crippen MR) is 133 cm³/mol. The van der Waals surface area contributed by atoms with Gasteiger partial charge in [0, 0.05) is 0 Å². The summed E-state index contributed by atoms with van der Waals surface area (Å²) in [5.74, 6) is 4.36. The molecule has 0 bridgehead atoms. The lowest BCUT2D eigenvalue weighted by atomic mass is 9.71. The van der Waals surface area contributed by atoms with Crippen molar-refractivity contribution in [1.82, 2.24) is 0 Å². The average molecular weight is 409 g/mol. The van der Waals surface area contributed by atoms with Gasteiger partial charge in [-0.05, 0) is 85.7 Å². The van der Waals surface area contributed by atoms with Gasteiger partial charge in [0.05, 0.1) is 0 Å². The second kappa shape index (κ2) is 12.7. The van der Waals surface area contributed by atoms with Crippen molar-refractivity contribution in [2.75, 3.05) is 0 Å². The Morgan fingerprint density at radius 2 is 1.43 bits per heavy atom. The molecule has 168 valence electrons. The first-order chi connectivity index (χ1) is 14.7. The number of allylic oxidation sites excluding steroid dienone is 1. The molecule has 1 aromatic rings. The molecule has 0 saturated heterocycles. The van der Waals surface area contributed by atoms with Crippen molar-refractivity contribution in [3.8, 4) is 0 Å². The standard InChI is InChI=1S/C30H48/c1-4-7-8-11-25-12-16-26(17-13-25)27-20-22-29(23-21-27)30(10-6-3)28-18-14-24(9-5-2)15-19-28/h6,20-26,28,30H,3-5,7-19H2,1-2H3. The van der Waals surface area contributed by atoms with Crippen LogP contribution in [0.5, 0.6) is 0 Å². The van der Waals surface area contributed by atoms with Gasteiger partial charge < -0.3 is 0 Å². The van der Waals surface area contributed by atoms with Crippen LogP contribution < -0.4 is 0 Å². The Hall–Kier alpha value is -1.04. The highest BCUT2D eigenvalue weighted by Gasteiger charge is 2.28. The SMILES string of the molecule is C=CCC(c1ccc(C2CCC(CCCCC)CC2)cc1)C1CCC(CCC)CC1. The maximum atomic E-state index is 4.09. The van der Waals surface area contributed by atoms with Crippen molar-refractivity contribution in [3.63, 3.8) is 0 Å². The normalized spacial score (nSPS) is 28.2. The molecule has 2 fully saturated rings. The van der Waals surface area contributed by atoms with Crippen molar-refractivity contribution >= 4 is 0 Å². The molecule has 30 heavy (non-hydrogen) atoms. The van der Waals surface area contributed by atoms with Gasteiger partial charge in [-0.1, -0.05) is 95.6 Å². The maximum absolute atomic E-state index is 4.09. The van der Waals surface area contributed by atoms with Gasteiger partial charge in [-0.3, -0.25) is 0 Å². The van der Waals surface area contributed by atoms with E-state index in [1.807, 2.05) is 0 Å². The van der Waals surface area contributed by atoms with Crippen molar-refractivity contribution < 1.29 is 0 Å².